The van der Waals surface area contributed by atoms with E-state index in [9.17, 15) is 9.18 Å². The number of amidine groups is 1. The maximum atomic E-state index is 13.5. The summed E-state index contributed by atoms with van der Waals surface area (Å²) in [5.41, 5.74) is 1.48. The third-order valence-electron chi connectivity index (χ3n) is 4.06. The Hall–Kier alpha value is -2.51. The number of carbonyl (C=O) groups excluding carboxylic acids is 1. The van der Waals surface area contributed by atoms with Crippen LogP contribution >= 0.6 is 23.4 Å². The molecule has 1 heterocycles. The van der Waals surface area contributed by atoms with E-state index in [1.54, 1.807) is 25.3 Å². The number of methoxy groups -OCH3 is 1. The Morgan fingerprint density at radius 2 is 2.00 bits per heavy atom. The fraction of sp³-hybridized carbons (Fsp3) is 0.238. The van der Waals surface area contributed by atoms with Gasteiger partial charge >= 0.3 is 0 Å². The summed E-state index contributed by atoms with van der Waals surface area (Å²) in [5.74, 6) is 1.07. The first kappa shape index (κ1) is 21.2. The van der Waals surface area contributed by atoms with E-state index in [4.69, 9.17) is 21.1 Å². The summed E-state index contributed by atoms with van der Waals surface area (Å²) in [6.45, 7) is 4.38. The van der Waals surface area contributed by atoms with Crippen molar-refractivity contribution in [2.24, 2.45) is 4.99 Å². The summed E-state index contributed by atoms with van der Waals surface area (Å²) < 4.78 is 24.4. The van der Waals surface area contributed by atoms with Gasteiger partial charge in [0.2, 0.25) is 0 Å². The molecule has 0 aromatic heterocycles. The predicted octanol–water partition coefficient (Wildman–Crippen LogP) is 5.38. The number of benzene rings is 2. The van der Waals surface area contributed by atoms with Crippen LogP contribution in [0.3, 0.4) is 0 Å². The topological polar surface area (TPSA) is 51.1 Å². The van der Waals surface area contributed by atoms with Crippen LogP contribution in [0.25, 0.3) is 6.08 Å². The van der Waals surface area contributed by atoms with E-state index in [2.05, 4.69) is 4.99 Å². The highest BCUT2D eigenvalue weighted by Crippen LogP contribution is 2.33. The van der Waals surface area contributed by atoms with Gasteiger partial charge in [0.25, 0.3) is 5.91 Å². The van der Waals surface area contributed by atoms with Crippen molar-refractivity contribution in [3.8, 4) is 11.5 Å². The van der Waals surface area contributed by atoms with Crippen LogP contribution in [0.1, 0.15) is 19.4 Å². The molecule has 5 nitrogen and oxygen atoms in total. The van der Waals surface area contributed by atoms with Gasteiger partial charge in [0.1, 0.15) is 11.5 Å². The van der Waals surface area contributed by atoms with E-state index >= 15 is 0 Å². The molecule has 152 valence electrons. The number of amides is 1. The van der Waals surface area contributed by atoms with Gasteiger partial charge in [-0.2, -0.15) is 0 Å². The van der Waals surface area contributed by atoms with Gasteiger partial charge < -0.3 is 9.47 Å². The Morgan fingerprint density at radius 3 is 2.66 bits per heavy atom. The van der Waals surface area contributed by atoms with E-state index in [0.29, 0.717) is 29.0 Å². The number of ether oxygens (including phenoxy) is 2. The van der Waals surface area contributed by atoms with Crippen molar-refractivity contribution in [2.45, 2.75) is 13.8 Å². The third-order valence-corrected chi connectivity index (χ3v) is 5.17. The average molecular weight is 435 g/mol. The van der Waals surface area contributed by atoms with Crippen LogP contribution in [0.5, 0.6) is 11.5 Å². The lowest BCUT2D eigenvalue weighted by Crippen LogP contribution is -2.30. The van der Waals surface area contributed by atoms with Gasteiger partial charge in [0, 0.05) is 0 Å². The Kier molecular flexibility index (Phi) is 6.82. The van der Waals surface area contributed by atoms with Crippen molar-refractivity contribution < 1.29 is 18.7 Å². The molecule has 1 amide bonds. The zero-order valence-corrected chi connectivity index (χ0v) is 17.8. The molecule has 0 spiro atoms. The van der Waals surface area contributed by atoms with Gasteiger partial charge in [-0.15, -0.1) is 0 Å². The van der Waals surface area contributed by atoms with Gasteiger partial charge in [-0.1, -0.05) is 36.4 Å². The molecular formula is C21H20ClFN2O3S. The highest BCUT2D eigenvalue weighted by Gasteiger charge is 2.32. The monoisotopic (exact) mass is 434 g/mol. The Balaban J connectivity index is 1.98. The third kappa shape index (κ3) is 4.57. The van der Waals surface area contributed by atoms with E-state index in [1.165, 1.54) is 34.9 Å². The van der Waals surface area contributed by atoms with E-state index in [1.807, 2.05) is 19.9 Å². The number of hydrogen-bond donors (Lipinski definition) is 0. The van der Waals surface area contributed by atoms with Crippen molar-refractivity contribution in [3.05, 3.63) is 58.5 Å². The van der Waals surface area contributed by atoms with Crippen molar-refractivity contribution in [1.29, 1.82) is 0 Å². The maximum absolute atomic E-state index is 13.5. The number of aliphatic imine (C=N–C) groups is 1. The SMILES string of the molecule is CCOc1ccc(/C=C2\N=C(SCC)N(c3ccc(F)c(Cl)c3)C2=O)cc1OC. The highest BCUT2D eigenvalue weighted by atomic mass is 35.5. The molecule has 1 aliphatic heterocycles. The maximum Gasteiger partial charge on any atom is 0.283 e. The molecule has 0 atom stereocenters. The summed E-state index contributed by atoms with van der Waals surface area (Å²) in [4.78, 5) is 19.0. The van der Waals surface area contributed by atoms with E-state index in [0.717, 1.165) is 11.3 Å². The molecule has 0 bridgehead atoms. The van der Waals surface area contributed by atoms with Crippen LogP contribution in [-0.4, -0.2) is 30.5 Å². The summed E-state index contributed by atoms with van der Waals surface area (Å²) >= 11 is 7.32. The molecule has 0 saturated carbocycles. The number of nitrogens with zero attached hydrogens (tertiary/aromatic N) is 2. The van der Waals surface area contributed by atoms with Crippen molar-refractivity contribution >= 4 is 46.2 Å². The van der Waals surface area contributed by atoms with Gasteiger partial charge in [0.15, 0.2) is 16.7 Å². The Morgan fingerprint density at radius 1 is 1.21 bits per heavy atom. The summed E-state index contributed by atoms with van der Waals surface area (Å²) in [7, 11) is 1.56. The quantitative estimate of drug-likeness (QED) is 0.572. The van der Waals surface area contributed by atoms with Crippen LogP contribution in [0.4, 0.5) is 10.1 Å². The van der Waals surface area contributed by atoms with Crippen molar-refractivity contribution in [2.75, 3.05) is 24.4 Å². The first-order valence-corrected chi connectivity index (χ1v) is 10.4. The lowest BCUT2D eigenvalue weighted by molar-refractivity contribution is -0.113. The van der Waals surface area contributed by atoms with Crippen LogP contribution in [0.2, 0.25) is 5.02 Å². The lowest BCUT2D eigenvalue weighted by atomic mass is 10.1. The number of halogens is 2. The summed E-state index contributed by atoms with van der Waals surface area (Å²) in [5, 5.41) is 0.467. The molecule has 8 heteroatoms. The molecule has 1 aliphatic rings. The molecule has 29 heavy (non-hydrogen) atoms. The zero-order chi connectivity index (χ0) is 21.0. The Bertz CT molecular complexity index is 994. The standard InChI is InChI=1S/C21H20ClFN2O3S/c1-4-28-18-9-6-13(11-19(18)27-3)10-17-20(26)25(21(24-17)29-5-2)14-7-8-16(23)15(22)12-14/h6-12H,4-5H2,1-3H3/b17-10-. The predicted molar refractivity (Wildman–Crippen MR) is 117 cm³/mol. The number of hydrogen-bond acceptors (Lipinski definition) is 5. The van der Waals surface area contributed by atoms with Gasteiger partial charge in [0.05, 0.1) is 24.4 Å². The molecule has 0 aliphatic carbocycles. The van der Waals surface area contributed by atoms with Gasteiger partial charge in [-0.25, -0.2) is 9.38 Å². The first-order chi connectivity index (χ1) is 14.0. The van der Waals surface area contributed by atoms with E-state index in [-0.39, 0.29) is 16.6 Å². The minimum Gasteiger partial charge on any atom is -0.493 e. The summed E-state index contributed by atoms with van der Waals surface area (Å²) in [6.07, 6.45) is 1.68. The van der Waals surface area contributed by atoms with Crippen molar-refractivity contribution in [1.82, 2.24) is 0 Å². The molecule has 3 rings (SSSR count). The molecule has 2 aromatic rings. The minimum absolute atomic E-state index is 0.0511. The zero-order valence-electron chi connectivity index (χ0n) is 16.2. The molecule has 0 unspecified atom stereocenters. The van der Waals surface area contributed by atoms with Crippen LogP contribution < -0.4 is 14.4 Å². The van der Waals surface area contributed by atoms with Gasteiger partial charge in [-0.3, -0.25) is 9.69 Å². The average Bonchev–Trinajstić information content (AvgIpc) is 3.00. The second-order valence-electron chi connectivity index (χ2n) is 5.94. The second-order valence-corrected chi connectivity index (χ2v) is 7.58. The smallest absolute Gasteiger partial charge is 0.283 e. The van der Waals surface area contributed by atoms with Crippen LogP contribution in [0, 0.1) is 5.82 Å². The first-order valence-electron chi connectivity index (χ1n) is 9.02. The van der Waals surface area contributed by atoms with Crippen LogP contribution in [0.15, 0.2) is 47.1 Å². The minimum atomic E-state index is -0.541. The largest absolute Gasteiger partial charge is 0.493 e. The highest BCUT2D eigenvalue weighted by molar-refractivity contribution is 8.14. The molecular weight excluding hydrogens is 415 g/mol. The van der Waals surface area contributed by atoms with Crippen molar-refractivity contribution in [3.63, 3.8) is 0 Å². The molecule has 0 fully saturated rings. The summed E-state index contributed by atoms with van der Waals surface area (Å²) in [6, 6.07) is 9.56. The molecule has 2 aromatic carbocycles. The molecule has 0 radical (unpaired) electrons. The molecule has 0 N–H and O–H groups in total. The number of anilines is 1. The Labute approximate surface area is 178 Å². The van der Waals surface area contributed by atoms with Gasteiger partial charge in [-0.05, 0) is 54.6 Å². The fourth-order valence-electron chi connectivity index (χ4n) is 2.78. The number of rotatable bonds is 6. The second kappa shape index (κ2) is 9.33. The lowest BCUT2D eigenvalue weighted by Gasteiger charge is -2.17. The normalized spacial score (nSPS) is 15.1. The van der Waals surface area contributed by atoms with Crippen LogP contribution in [-0.2, 0) is 4.79 Å². The van der Waals surface area contributed by atoms with E-state index < -0.39 is 5.82 Å². The fourth-order valence-corrected chi connectivity index (χ4v) is 3.69. The number of carbonyl (C=O) groups is 1. The number of thioether (sulfide) groups is 1. The molecule has 0 saturated heterocycles.